The Hall–Kier alpha value is -3.31. The summed E-state index contributed by atoms with van der Waals surface area (Å²) in [5.41, 5.74) is -1.71. The van der Waals surface area contributed by atoms with Gasteiger partial charge < -0.3 is 39.0 Å². The quantitative estimate of drug-likeness (QED) is 0.305. The number of carbonyl (C=O) groups is 3. The van der Waals surface area contributed by atoms with Gasteiger partial charge in [-0.05, 0) is 85.7 Å². The number of piperidine rings is 1. The number of esters is 1. The first-order valence-corrected chi connectivity index (χ1v) is 14.1. The molecule has 1 amide bonds. The largest absolute Gasteiger partial charge is 0.514 e. The summed E-state index contributed by atoms with van der Waals surface area (Å²) in [7, 11) is 2.00. The summed E-state index contributed by atoms with van der Waals surface area (Å²) in [5, 5.41) is 14.9. The van der Waals surface area contributed by atoms with Gasteiger partial charge in [0.05, 0.1) is 17.4 Å². The molecule has 2 aliphatic heterocycles. The van der Waals surface area contributed by atoms with Gasteiger partial charge in [-0.15, -0.1) is 0 Å². The molecule has 1 aromatic carbocycles. The summed E-state index contributed by atoms with van der Waals surface area (Å²) in [6.45, 7) is 11.2. The third kappa shape index (κ3) is 5.14. The van der Waals surface area contributed by atoms with Crippen LogP contribution in [-0.2, 0) is 30.8 Å². The van der Waals surface area contributed by atoms with E-state index >= 15 is 0 Å². The number of likely N-dealkylation sites (tertiary alicyclic amines) is 1. The molecule has 41 heavy (non-hydrogen) atoms. The molecule has 4 atom stereocenters. The van der Waals surface area contributed by atoms with E-state index in [0.29, 0.717) is 30.9 Å². The fourth-order valence-corrected chi connectivity index (χ4v) is 6.63. The number of amides is 1. The molecule has 1 saturated heterocycles. The van der Waals surface area contributed by atoms with E-state index in [1.165, 1.54) is 0 Å². The molecule has 0 aromatic heterocycles. The zero-order valence-electron chi connectivity index (χ0n) is 24.8. The Morgan fingerprint density at radius 2 is 1.80 bits per heavy atom. The topological polar surface area (TPSA) is 133 Å². The van der Waals surface area contributed by atoms with Crippen molar-refractivity contribution in [1.29, 1.82) is 0 Å². The van der Waals surface area contributed by atoms with Gasteiger partial charge in [0.25, 0.3) is 0 Å². The number of hydrogen-bond donors (Lipinski definition) is 2. The van der Waals surface area contributed by atoms with Crippen LogP contribution in [0.5, 0.6) is 11.5 Å². The van der Waals surface area contributed by atoms with Crippen molar-refractivity contribution in [3.63, 3.8) is 0 Å². The van der Waals surface area contributed by atoms with Crippen molar-refractivity contribution < 1.29 is 43.2 Å². The van der Waals surface area contributed by atoms with E-state index in [-0.39, 0.29) is 31.2 Å². The van der Waals surface area contributed by atoms with Crippen LogP contribution in [0.1, 0.15) is 71.9 Å². The maximum absolute atomic E-state index is 12.9. The zero-order chi connectivity index (χ0) is 30.0. The summed E-state index contributed by atoms with van der Waals surface area (Å²) in [5.74, 6) is 0.288. The van der Waals surface area contributed by atoms with Gasteiger partial charge in [0.1, 0.15) is 17.0 Å². The average Bonchev–Trinajstić information content (AvgIpc) is 3.18. The summed E-state index contributed by atoms with van der Waals surface area (Å²) in [6.07, 6.45) is 0.748. The number of alkyl carbamates (subject to hydrolysis) is 1. The molecular weight excluding hydrogens is 532 g/mol. The van der Waals surface area contributed by atoms with Gasteiger partial charge in [-0.25, -0.2) is 9.59 Å². The second-order valence-corrected chi connectivity index (χ2v) is 13.3. The van der Waals surface area contributed by atoms with Crippen molar-refractivity contribution in [3.05, 3.63) is 35.1 Å². The highest BCUT2D eigenvalue weighted by atomic mass is 16.7. The van der Waals surface area contributed by atoms with Crippen molar-refractivity contribution in [1.82, 2.24) is 10.2 Å². The lowest BCUT2D eigenvalue weighted by Crippen LogP contribution is -2.74. The van der Waals surface area contributed by atoms with Gasteiger partial charge >= 0.3 is 18.2 Å². The van der Waals surface area contributed by atoms with Crippen LogP contribution in [0.2, 0.25) is 0 Å². The molecule has 2 N–H and O–H groups in total. The first-order chi connectivity index (χ1) is 19.0. The van der Waals surface area contributed by atoms with Crippen molar-refractivity contribution in [2.24, 2.45) is 0 Å². The molecule has 1 fully saturated rings. The fraction of sp³-hybridized carbons (Fsp3) is 0.633. The Bertz CT molecular complexity index is 1290. The molecule has 0 unspecified atom stereocenters. The minimum Gasteiger partial charge on any atom is -0.477 e. The minimum absolute atomic E-state index is 0.0345. The molecule has 2 heterocycles. The number of nitrogens with zero attached hydrogens (tertiary/aromatic N) is 1. The Kier molecular flexibility index (Phi) is 7.05. The number of hydrogen-bond acceptors (Lipinski definition) is 10. The van der Waals surface area contributed by atoms with E-state index in [9.17, 15) is 19.5 Å². The summed E-state index contributed by atoms with van der Waals surface area (Å²) < 4.78 is 28.5. The van der Waals surface area contributed by atoms with Crippen molar-refractivity contribution in [2.75, 3.05) is 20.1 Å². The van der Waals surface area contributed by atoms with Crippen LogP contribution in [0.4, 0.5) is 9.59 Å². The van der Waals surface area contributed by atoms with Crippen LogP contribution in [0.15, 0.2) is 24.0 Å². The van der Waals surface area contributed by atoms with E-state index < -0.39 is 46.5 Å². The first kappa shape index (κ1) is 29.2. The molecule has 4 aliphatic rings. The van der Waals surface area contributed by atoms with E-state index in [0.717, 1.165) is 11.1 Å². The van der Waals surface area contributed by atoms with E-state index in [2.05, 4.69) is 10.2 Å². The van der Waals surface area contributed by atoms with Gasteiger partial charge in [-0.3, -0.25) is 4.79 Å². The molecule has 2 aliphatic carbocycles. The lowest BCUT2D eigenvalue weighted by molar-refractivity contribution is -0.169. The monoisotopic (exact) mass is 572 g/mol. The Balaban J connectivity index is 1.42. The number of likely N-dealkylation sites (N-methyl/N-ethyl adjacent to an activating group) is 1. The van der Waals surface area contributed by atoms with Gasteiger partial charge in [-0.2, -0.15) is 0 Å². The second-order valence-electron chi connectivity index (χ2n) is 13.3. The van der Waals surface area contributed by atoms with Crippen LogP contribution < -0.4 is 14.8 Å². The van der Waals surface area contributed by atoms with Crippen molar-refractivity contribution in [2.45, 2.75) is 102 Å². The summed E-state index contributed by atoms with van der Waals surface area (Å²) in [4.78, 5) is 39.6. The van der Waals surface area contributed by atoms with Gasteiger partial charge in [-0.1, -0.05) is 6.07 Å². The minimum atomic E-state index is -1.19. The van der Waals surface area contributed by atoms with E-state index in [1.54, 1.807) is 53.7 Å². The third-order valence-corrected chi connectivity index (χ3v) is 8.15. The molecule has 11 heteroatoms. The fourth-order valence-electron chi connectivity index (χ4n) is 6.63. The van der Waals surface area contributed by atoms with Gasteiger partial charge in [0.15, 0.2) is 17.6 Å². The molecule has 2 bridgehead atoms. The number of nitrogens with one attached hydrogen (secondary N) is 1. The lowest BCUT2D eigenvalue weighted by Gasteiger charge is -2.61. The maximum atomic E-state index is 12.9. The number of carbonyl (C=O) groups excluding carboxylic acids is 3. The SMILES string of the molecule is CN1CC[C@]23c4c5ccc(OC(=O)OC(C)(C)C)c4O[C@H]2C(OC(=O)CCNC(=O)OC(C)(C)C)=CC[C@@]3(O)[C@@H]1C5. The molecular formula is C30H40N2O9. The predicted molar refractivity (Wildman–Crippen MR) is 147 cm³/mol. The van der Waals surface area contributed by atoms with Crippen LogP contribution in [0.25, 0.3) is 0 Å². The number of benzene rings is 1. The Morgan fingerprint density at radius 1 is 1.10 bits per heavy atom. The zero-order valence-corrected chi connectivity index (χ0v) is 24.8. The predicted octanol–water partition coefficient (Wildman–Crippen LogP) is 3.74. The van der Waals surface area contributed by atoms with Crippen molar-refractivity contribution in [3.8, 4) is 11.5 Å². The van der Waals surface area contributed by atoms with Crippen LogP contribution >= 0.6 is 0 Å². The lowest BCUT2D eigenvalue weighted by atomic mass is 9.50. The van der Waals surface area contributed by atoms with Crippen LogP contribution in [0, 0.1) is 0 Å². The van der Waals surface area contributed by atoms with E-state index in [1.807, 2.05) is 13.1 Å². The van der Waals surface area contributed by atoms with Crippen LogP contribution in [0.3, 0.4) is 0 Å². The Labute approximate surface area is 240 Å². The highest BCUT2D eigenvalue weighted by Gasteiger charge is 2.72. The maximum Gasteiger partial charge on any atom is 0.514 e. The normalized spacial score (nSPS) is 28.0. The number of ether oxygens (including phenoxy) is 5. The Morgan fingerprint density at radius 3 is 2.49 bits per heavy atom. The average molecular weight is 573 g/mol. The number of rotatable bonds is 5. The molecule has 224 valence electrons. The molecule has 0 radical (unpaired) electrons. The summed E-state index contributed by atoms with van der Waals surface area (Å²) in [6, 6.07) is 3.42. The van der Waals surface area contributed by atoms with E-state index in [4.69, 9.17) is 23.7 Å². The molecule has 1 spiro atoms. The third-order valence-electron chi connectivity index (χ3n) is 8.15. The van der Waals surface area contributed by atoms with Gasteiger partial charge in [0.2, 0.25) is 0 Å². The molecule has 0 saturated carbocycles. The standard InChI is InChI=1S/C30H40N2O9/c1-27(2,3)40-25(34)31-14-11-21(33)37-19-10-12-30(36)20-16-17-8-9-18(38-26(35)41-28(4,5)6)23-22(17)29(30,24(19)39-23)13-15-32(20)7/h8-10,20,24,36H,11-16H2,1-7H3,(H,31,34)/t20-,24-,29-,30+/m0/s1. The molecule has 11 nitrogen and oxygen atoms in total. The smallest absolute Gasteiger partial charge is 0.477 e. The van der Waals surface area contributed by atoms with Crippen molar-refractivity contribution >= 4 is 18.2 Å². The highest BCUT2D eigenvalue weighted by Crippen LogP contribution is 2.65. The molecule has 5 rings (SSSR count). The van der Waals surface area contributed by atoms with Crippen LogP contribution in [-0.4, -0.2) is 77.3 Å². The second kappa shape index (κ2) is 9.90. The number of aliphatic hydroxyl groups is 1. The van der Waals surface area contributed by atoms with Gasteiger partial charge in [0, 0.05) is 24.6 Å². The summed E-state index contributed by atoms with van der Waals surface area (Å²) >= 11 is 0. The highest BCUT2D eigenvalue weighted by molar-refractivity contribution is 5.74. The molecule has 1 aromatic rings. The first-order valence-electron chi connectivity index (χ1n) is 14.1.